The number of hydrogen-bond donors (Lipinski definition) is 1. The molecule has 3 rings (SSSR count). The molecule has 1 aromatic rings. The Morgan fingerprint density at radius 2 is 1.96 bits per heavy atom. The maximum atomic E-state index is 13.0. The molecule has 3 nitrogen and oxygen atoms in total. The number of piperidine rings is 1. The lowest BCUT2D eigenvalue weighted by molar-refractivity contribution is -0.160. The summed E-state index contributed by atoms with van der Waals surface area (Å²) in [7, 11) is 1.86. The fourth-order valence-electron chi connectivity index (χ4n) is 3.58. The zero-order valence-corrected chi connectivity index (χ0v) is 15.3. The van der Waals surface area contributed by atoms with Crippen molar-refractivity contribution in [1.29, 1.82) is 0 Å². The van der Waals surface area contributed by atoms with Crippen molar-refractivity contribution < 1.29 is 13.6 Å². The summed E-state index contributed by atoms with van der Waals surface area (Å²) in [5.74, 6) is -3.24. The van der Waals surface area contributed by atoms with E-state index in [1.54, 1.807) is 4.90 Å². The molecule has 136 valence electrons. The van der Waals surface area contributed by atoms with Gasteiger partial charge in [0, 0.05) is 49.6 Å². The number of rotatable bonds is 3. The van der Waals surface area contributed by atoms with Crippen LogP contribution in [-0.4, -0.2) is 36.9 Å². The third kappa shape index (κ3) is 3.97. The monoisotopic (exact) mass is 368 g/mol. The first-order chi connectivity index (χ1) is 11.8. The lowest BCUT2D eigenvalue weighted by Crippen LogP contribution is -2.48. The highest BCUT2D eigenvalue weighted by atomic mass is 35.5. The van der Waals surface area contributed by atoms with Gasteiger partial charge in [-0.15, -0.1) is 0 Å². The average Bonchev–Trinajstić information content (AvgIpc) is 2.55. The van der Waals surface area contributed by atoms with Gasteiger partial charge in [0.2, 0.25) is 11.8 Å². The topological polar surface area (TPSA) is 32.3 Å². The Bertz CT molecular complexity index is 700. The van der Waals surface area contributed by atoms with Gasteiger partial charge in [-0.3, -0.25) is 4.79 Å². The maximum Gasteiger partial charge on any atom is 0.249 e. The molecule has 6 heteroatoms. The Morgan fingerprint density at radius 3 is 2.52 bits per heavy atom. The third-order valence-corrected chi connectivity index (χ3v) is 5.42. The van der Waals surface area contributed by atoms with Crippen LogP contribution in [0.25, 0.3) is 6.08 Å². The number of benzene rings is 1. The number of amides is 1. The molecule has 0 unspecified atom stereocenters. The molecule has 1 N–H and O–H groups in total. The van der Waals surface area contributed by atoms with Crippen molar-refractivity contribution >= 4 is 29.3 Å². The minimum Gasteiger partial charge on any atom is -0.388 e. The van der Waals surface area contributed by atoms with Crippen molar-refractivity contribution in [1.82, 2.24) is 4.90 Å². The number of nitrogens with one attached hydrogen (secondary N) is 1. The van der Waals surface area contributed by atoms with Crippen LogP contribution in [0.4, 0.5) is 14.5 Å². The van der Waals surface area contributed by atoms with Crippen LogP contribution in [0.5, 0.6) is 0 Å². The third-order valence-electron chi connectivity index (χ3n) is 5.20. The van der Waals surface area contributed by atoms with Crippen molar-refractivity contribution in [2.45, 2.75) is 38.5 Å². The van der Waals surface area contributed by atoms with Crippen LogP contribution >= 0.6 is 11.6 Å². The Balaban J connectivity index is 1.64. The van der Waals surface area contributed by atoms with Gasteiger partial charge in [0.25, 0.3) is 0 Å². The smallest absolute Gasteiger partial charge is 0.249 e. The highest BCUT2D eigenvalue weighted by Gasteiger charge is 2.49. The van der Waals surface area contributed by atoms with E-state index in [4.69, 9.17) is 11.6 Å². The van der Waals surface area contributed by atoms with Crippen molar-refractivity contribution in [2.75, 3.05) is 25.5 Å². The zero-order chi connectivity index (χ0) is 18.2. The summed E-state index contributed by atoms with van der Waals surface area (Å²) in [5.41, 5.74) is 4.47. The van der Waals surface area contributed by atoms with Crippen LogP contribution in [0.2, 0.25) is 5.02 Å². The lowest BCUT2D eigenvalue weighted by Gasteiger charge is -2.38. The van der Waals surface area contributed by atoms with E-state index in [1.165, 1.54) is 5.57 Å². The number of anilines is 1. The van der Waals surface area contributed by atoms with Gasteiger partial charge in [-0.1, -0.05) is 23.3 Å². The molecule has 0 aromatic heterocycles. The number of hydrogen-bond acceptors (Lipinski definition) is 2. The van der Waals surface area contributed by atoms with Crippen molar-refractivity contribution in [3.8, 4) is 0 Å². The second kappa shape index (κ2) is 6.94. The highest BCUT2D eigenvalue weighted by molar-refractivity contribution is 6.31. The minimum atomic E-state index is -2.64. The molecule has 1 saturated heterocycles. The summed E-state index contributed by atoms with van der Waals surface area (Å²) in [6.45, 7) is 3.25. The molecule has 1 aliphatic heterocycles. The summed E-state index contributed by atoms with van der Waals surface area (Å²) < 4.78 is 25.9. The fraction of sp³-hybridized carbons (Fsp3) is 0.526. The van der Waals surface area contributed by atoms with E-state index < -0.39 is 11.8 Å². The van der Waals surface area contributed by atoms with Crippen LogP contribution < -0.4 is 5.32 Å². The van der Waals surface area contributed by atoms with E-state index >= 15 is 0 Å². The van der Waals surface area contributed by atoms with Crippen LogP contribution in [0.15, 0.2) is 17.7 Å². The molecule has 1 aromatic carbocycles. The Hall–Kier alpha value is -1.62. The van der Waals surface area contributed by atoms with Crippen molar-refractivity contribution in [2.24, 2.45) is 5.92 Å². The molecule has 2 aliphatic rings. The predicted molar refractivity (Wildman–Crippen MR) is 97.2 cm³/mol. The Morgan fingerprint density at radius 1 is 1.32 bits per heavy atom. The lowest BCUT2D eigenvalue weighted by atomic mass is 9.80. The number of likely N-dealkylation sites (tertiary alicyclic amines) is 1. The molecule has 0 spiro atoms. The summed E-state index contributed by atoms with van der Waals surface area (Å²) in [6.07, 6.45) is 3.10. The van der Waals surface area contributed by atoms with E-state index in [1.807, 2.05) is 26.1 Å². The van der Waals surface area contributed by atoms with Crippen LogP contribution in [0, 0.1) is 12.8 Å². The average molecular weight is 369 g/mol. The number of alkyl halides is 2. The molecule has 25 heavy (non-hydrogen) atoms. The molecule has 2 fully saturated rings. The van der Waals surface area contributed by atoms with Gasteiger partial charge in [-0.2, -0.15) is 0 Å². The number of halogens is 3. The number of carbonyl (C=O) groups is 1. The van der Waals surface area contributed by atoms with Gasteiger partial charge in [-0.05, 0) is 43.0 Å². The largest absolute Gasteiger partial charge is 0.388 e. The molecule has 0 atom stereocenters. The Kier molecular flexibility index (Phi) is 5.05. The first kappa shape index (κ1) is 18.2. The maximum absolute atomic E-state index is 13.0. The minimum absolute atomic E-state index is 0.110. The zero-order valence-electron chi connectivity index (χ0n) is 14.5. The number of nitrogens with zero attached hydrogens (tertiary/aromatic N) is 1. The Labute approximate surface area is 152 Å². The second-order valence-electron chi connectivity index (χ2n) is 7.01. The van der Waals surface area contributed by atoms with Gasteiger partial charge in [0.05, 0.1) is 0 Å². The summed E-state index contributed by atoms with van der Waals surface area (Å²) in [4.78, 5) is 14.0. The quantitative estimate of drug-likeness (QED) is 0.835. The molecular formula is C19H23ClF2N2O. The van der Waals surface area contributed by atoms with Gasteiger partial charge >= 0.3 is 0 Å². The molecule has 0 bridgehead atoms. The molecule has 1 aliphatic carbocycles. The van der Waals surface area contributed by atoms with Crippen LogP contribution in [-0.2, 0) is 4.79 Å². The van der Waals surface area contributed by atoms with Gasteiger partial charge in [-0.25, -0.2) is 8.78 Å². The van der Waals surface area contributed by atoms with Gasteiger partial charge in [0.15, 0.2) is 0 Å². The molecule has 1 heterocycles. The normalized spacial score (nSPS) is 20.2. The summed E-state index contributed by atoms with van der Waals surface area (Å²) in [6, 6.07) is 3.84. The number of carbonyl (C=O) groups excluding carboxylic acids is 1. The first-order valence-corrected chi connectivity index (χ1v) is 9.01. The van der Waals surface area contributed by atoms with Crippen molar-refractivity contribution in [3.05, 3.63) is 33.9 Å². The van der Waals surface area contributed by atoms with Gasteiger partial charge in [0.1, 0.15) is 0 Å². The predicted octanol–water partition coefficient (Wildman–Crippen LogP) is 4.74. The second-order valence-corrected chi connectivity index (χ2v) is 7.44. The molecule has 0 radical (unpaired) electrons. The fourth-order valence-corrected chi connectivity index (χ4v) is 3.81. The SMILES string of the molecule is CNc1cc(Cl)cc(C=C2CCN(C(=O)C3CC(F)(F)C3)CC2)c1C. The van der Waals surface area contributed by atoms with Gasteiger partial charge < -0.3 is 10.2 Å². The van der Waals surface area contributed by atoms with E-state index in [-0.39, 0.29) is 18.7 Å². The van der Waals surface area contributed by atoms with Crippen molar-refractivity contribution in [3.63, 3.8) is 0 Å². The van der Waals surface area contributed by atoms with E-state index in [0.717, 1.165) is 29.7 Å². The first-order valence-electron chi connectivity index (χ1n) is 8.63. The van der Waals surface area contributed by atoms with E-state index in [9.17, 15) is 13.6 Å². The summed E-state index contributed by atoms with van der Waals surface area (Å²) in [5, 5.41) is 3.82. The van der Waals surface area contributed by atoms with Crippen LogP contribution in [0.3, 0.4) is 0 Å². The standard InChI is InChI=1S/C19H23ClF2N2O/c1-12-14(8-16(20)9-17(12)23-2)7-13-3-5-24(6-4-13)18(25)15-10-19(21,22)11-15/h7-9,15,23H,3-6,10-11H2,1-2H3. The van der Waals surface area contributed by atoms with E-state index in [0.29, 0.717) is 18.1 Å². The van der Waals surface area contributed by atoms with E-state index in [2.05, 4.69) is 11.4 Å². The summed E-state index contributed by atoms with van der Waals surface area (Å²) >= 11 is 6.18. The molecule has 1 amide bonds. The molecule has 1 saturated carbocycles. The van der Waals surface area contributed by atoms with Crippen LogP contribution in [0.1, 0.15) is 36.8 Å². The highest BCUT2D eigenvalue weighted by Crippen LogP contribution is 2.43. The molecular weight excluding hydrogens is 346 g/mol.